The van der Waals surface area contributed by atoms with Gasteiger partial charge in [0.25, 0.3) is 0 Å². The molecule has 1 aliphatic carbocycles. The molecule has 22 heavy (non-hydrogen) atoms. The van der Waals surface area contributed by atoms with Crippen LogP contribution in [-0.2, 0) is 11.3 Å². The minimum Gasteiger partial charge on any atom is -0.465 e. The molecule has 0 amide bonds. The van der Waals surface area contributed by atoms with Gasteiger partial charge in [0.05, 0.1) is 7.11 Å². The number of ether oxygens (including phenoxy) is 1. The Balaban J connectivity index is 1.63. The highest BCUT2D eigenvalue weighted by Crippen LogP contribution is 2.38. The molecule has 2 aromatic heterocycles. The van der Waals surface area contributed by atoms with Crippen molar-refractivity contribution in [2.75, 3.05) is 19.0 Å². The number of aromatic amines is 1. The highest BCUT2D eigenvalue weighted by molar-refractivity contribution is 7.71. The molecule has 7 nitrogen and oxygen atoms in total. The van der Waals surface area contributed by atoms with Gasteiger partial charge in [0.15, 0.2) is 19.9 Å². The summed E-state index contributed by atoms with van der Waals surface area (Å²) in [6, 6.07) is 0. The lowest BCUT2D eigenvalue weighted by atomic mass is 10.4. The minimum atomic E-state index is -0.483. The van der Waals surface area contributed by atoms with Gasteiger partial charge in [0, 0.05) is 19.0 Å². The van der Waals surface area contributed by atoms with Crippen LogP contribution in [0.4, 0.5) is 5.13 Å². The summed E-state index contributed by atoms with van der Waals surface area (Å²) in [6.07, 6.45) is 2.33. The second kappa shape index (κ2) is 6.35. The highest BCUT2D eigenvalue weighted by Gasteiger charge is 2.28. The van der Waals surface area contributed by atoms with E-state index < -0.39 is 5.97 Å². The van der Waals surface area contributed by atoms with Crippen molar-refractivity contribution in [2.45, 2.75) is 25.3 Å². The van der Waals surface area contributed by atoms with Crippen LogP contribution in [0.15, 0.2) is 0 Å². The van der Waals surface area contributed by atoms with Gasteiger partial charge in [-0.2, -0.15) is 5.10 Å². The Morgan fingerprint density at radius 3 is 3.09 bits per heavy atom. The van der Waals surface area contributed by atoms with Crippen LogP contribution in [0.5, 0.6) is 0 Å². The summed E-state index contributed by atoms with van der Waals surface area (Å²) in [5.41, 5.74) is 0. The fourth-order valence-corrected chi connectivity index (χ4v) is 3.43. The number of esters is 1. The average Bonchev–Trinajstić information content (AvgIpc) is 3.19. The number of aromatic nitrogens is 4. The summed E-state index contributed by atoms with van der Waals surface area (Å²) in [5, 5.41) is 11.0. The molecule has 0 aromatic carbocycles. The van der Waals surface area contributed by atoms with E-state index in [9.17, 15) is 4.79 Å². The van der Waals surface area contributed by atoms with E-state index in [1.807, 2.05) is 4.57 Å². The van der Waals surface area contributed by atoms with Crippen LogP contribution in [0.1, 0.15) is 34.3 Å². The highest BCUT2D eigenvalue weighted by atomic mass is 35.5. The molecular weight excluding hydrogens is 346 g/mol. The maximum absolute atomic E-state index is 11.5. The Morgan fingerprint density at radius 2 is 2.41 bits per heavy atom. The van der Waals surface area contributed by atoms with Crippen LogP contribution in [0.3, 0.4) is 0 Å². The van der Waals surface area contributed by atoms with Gasteiger partial charge in [0.2, 0.25) is 0 Å². The molecule has 10 heteroatoms. The van der Waals surface area contributed by atoms with E-state index in [0.29, 0.717) is 33.8 Å². The summed E-state index contributed by atoms with van der Waals surface area (Å²) in [7, 11) is 1.31. The van der Waals surface area contributed by atoms with E-state index >= 15 is 0 Å². The van der Waals surface area contributed by atoms with Gasteiger partial charge in [0.1, 0.15) is 5.82 Å². The van der Waals surface area contributed by atoms with Crippen LogP contribution in [0.25, 0.3) is 0 Å². The first-order valence-electron chi connectivity index (χ1n) is 6.73. The number of halogens is 1. The normalized spacial score (nSPS) is 14.1. The lowest BCUT2D eigenvalue weighted by molar-refractivity contribution is 0.0606. The van der Waals surface area contributed by atoms with E-state index in [4.69, 9.17) is 23.8 Å². The zero-order chi connectivity index (χ0) is 15.7. The average molecular weight is 360 g/mol. The van der Waals surface area contributed by atoms with Crippen molar-refractivity contribution in [3.63, 3.8) is 0 Å². The summed E-state index contributed by atoms with van der Waals surface area (Å²) < 4.78 is 7.27. The predicted molar refractivity (Wildman–Crippen MR) is 86.3 cm³/mol. The third-order valence-corrected chi connectivity index (χ3v) is 4.99. The van der Waals surface area contributed by atoms with E-state index in [-0.39, 0.29) is 5.15 Å². The van der Waals surface area contributed by atoms with Crippen LogP contribution in [0, 0.1) is 4.77 Å². The zero-order valence-electron chi connectivity index (χ0n) is 11.8. The lowest BCUT2D eigenvalue weighted by Crippen LogP contribution is -2.12. The number of hydrogen-bond acceptors (Lipinski definition) is 7. The largest absolute Gasteiger partial charge is 0.465 e. The molecule has 0 bridgehead atoms. The Kier molecular flexibility index (Phi) is 4.46. The maximum atomic E-state index is 11.5. The molecule has 2 heterocycles. The summed E-state index contributed by atoms with van der Waals surface area (Å²) >= 11 is 12.3. The molecule has 3 rings (SSSR count). The number of anilines is 1. The maximum Gasteiger partial charge on any atom is 0.351 e. The van der Waals surface area contributed by atoms with Gasteiger partial charge in [-0.25, -0.2) is 9.78 Å². The number of nitrogens with zero attached hydrogens (tertiary/aromatic N) is 3. The Morgan fingerprint density at radius 1 is 1.64 bits per heavy atom. The number of carbonyl (C=O) groups is 1. The third-order valence-electron chi connectivity index (χ3n) is 3.30. The van der Waals surface area contributed by atoms with Crippen molar-refractivity contribution in [3.05, 3.63) is 20.6 Å². The first-order chi connectivity index (χ1) is 10.6. The van der Waals surface area contributed by atoms with E-state index in [2.05, 4.69) is 25.2 Å². The first-order valence-corrected chi connectivity index (χ1v) is 8.34. The van der Waals surface area contributed by atoms with Crippen molar-refractivity contribution in [3.8, 4) is 0 Å². The second-order valence-corrected chi connectivity index (χ2v) is 6.61. The van der Waals surface area contributed by atoms with Gasteiger partial charge in [-0.05, 0) is 25.1 Å². The Bertz CT molecular complexity index is 749. The van der Waals surface area contributed by atoms with Crippen molar-refractivity contribution in [1.82, 2.24) is 19.7 Å². The molecule has 0 saturated heterocycles. The number of carbonyl (C=O) groups excluding carboxylic acids is 1. The molecule has 1 saturated carbocycles. The molecule has 1 fully saturated rings. The molecule has 2 aromatic rings. The zero-order valence-corrected chi connectivity index (χ0v) is 14.1. The number of H-pyrrole nitrogens is 1. The molecular formula is C12H14ClN5O2S2. The number of hydrogen-bond donors (Lipinski definition) is 2. The molecule has 0 aliphatic heterocycles. The predicted octanol–water partition coefficient (Wildman–Crippen LogP) is 2.83. The Hall–Kier alpha value is -1.45. The quantitative estimate of drug-likeness (QED) is 0.609. The number of nitrogens with one attached hydrogen (secondary N) is 2. The number of rotatable bonds is 6. The van der Waals surface area contributed by atoms with Crippen LogP contribution in [0.2, 0.25) is 5.15 Å². The summed E-state index contributed by atoms with van der Waals surface area (Å²) in [4.78, 5) is 15.9. The monoisotopic (exact) mass is 359 g/mol. The third kappa shape index (κ3) is 3.16. The van der Waals surface area contributed by atoms with Crippen LogP contribution in [-0.4, -0.2) is 39.4 Å². The topological polar surface area (TPSA) is 84.8 Å². The molecule has 0 radical (unpaired) electrons. The van der Waals surface area contributed by atoms with Crippen molar-refractivity contribution >= 4 is 46.3 Å². The van der Waals surface area contributed by atoms with Gasteiger partial charge in [-0.15, -0.1) is 0 Å². The van der Waals surface area contributed by atoms with Gasteiger partial charge < -0.3 is 14.6 Å². The fraction of sp³-hybridized carbons (Fsp3) is 0.500. The molecule has 0 spiro atoms. The Labute approximate surface area is 140 Å². The van der Waals surface area contributed by atoms with Gasteiger partial charge >= 0.3 is 5.97 Å². The van der Waals surface area contributed by atoms with E-state index in [0.717, 1.165) is 18.7 Å². The number of thiazole rings is 1. The molecule has 0 unspecified atom stereocenters. The molecule has 2 N–H and O–H groups in total. The summed E-state index contributed by atoms with van der Waals surface area (Å²) in [5.74, 6) is 1.05. The van der Waals surface area contributed by atoms with E-state index in [1.54, 1.807) is 0 Å². The minimum absolute atomic E-state index is 0.151. The van der Waals surface area contributed by atoms with Crippen LogP contribution < -0.4 is 5.32 Å². The molecule has 0 atom stereocenters. The number of methoxy groups -OCH3 is 1. The van der Waals surface area contributed by atoms with E-state index in [1.165, 1.54) is 18.4 Å². The lowest BCUT2D eigenvalue weighted by Gasteiger charge is -2.06. The van der Waals surface area contributed by atoms with Crippen molar-refractivity contribution in [1.29, 1.82) is 0 Å². The first kappa shape index (κ1) is 15.4. The standard InChI is InChI=1S/C12H14ClN5O2S2/c1-20-10(19)7-8(13)15-11(22-7)14-4-5-18-9(6-2-3-6)16-17-12(18)21/h6H,2-5H2,1H3,(H,14,15)(H,17,21). The summed E-state index contributed by atoms with van der Waals surface area (Å²) in [6.45, 7) is 1.28. The van der Waals surface area contributed by atoms with Crippen molar-refractivity contribution in [2.24, 2.45) is 0 Å². The van der Waals surface area contributed by atoms with Crippen molar-refractivity contribution < 1.29 is 9.53 Å². The molecule has 1 aliphatic rings. The van der Waals surface area contributed by atoms with Gasteiger partial charge in [-0.3, -0.25) is 5.10 Å². The van der Waals surface area contributed by atoms with Crippen LogP contribution >= 0.6 is 35.2 Å². The smallest absolute Gasteiger partial charge is 0.351 e. The van der Waals surface area contributed by atoms with Gasteiger partial charge in [-0.1, -0.05) is 22.9 Å². The molecule has 118 valence electrons. The SMILES string of the molecule is COC(=O)c1sc(NCCn2c(C3CC3)n[nH]c2=S)nc1Cl. The second-order valence-electron chi connectivity index (χ2n) is 4.87. The fourth-order valence-electron chi connectivity index (χ4n) is 2.07.